The first-order valence-corrected chi connectivity index (χ1v) is 17.2. The molecular formula is C47H28N2O2. The fourth-order valence-corrected chi connectivity index (χ4v) is 7.64. The van der Waals surface area contributed by atoms with Gasteiger partial charge in [0.2, 0.25) is 0 Å². The number of para-hydroxylation sites is 3. The third-order valence-electron chi connectivity index (χ3n) is 10.2. The molecule has 0 N–H and O–H groups in total. The number of aromatic nitrogens is 1. The highest BCUT2D eigenvalue weighted by molar-refractivity contribution is 6.12. The van der Waals surface area contributed by atoms with E-state index in [1.807, 2.05) is 36.4 Å². The van der Waals surface area contributed by atoms with E-state index in [2.05, 4.69) is 138 Å². The van der Waals surface area contributed by atoms with Crippen LogP contribution in [0.2, 0.25) is 0 Å². The van der Waals surface area contributed by atoms with Crippen LogP contribution < -0.4 is 4.90 Å². The second-order valence-corrected chi connectivity index (χ2v) is 13.2. The average molecular weight is 653 g/mol. The average Bonchev–Trinajstić information content (AvgIpc) is 3.73. The lowest BCUT2D eigenvalue weighted by atomic mass is 10.0. The lowest BCUT2D eigenvalue weighted by Gasteiger charge is -2.26. The molecule has 11 aromatic rings. The summed E-state index contributed by atoms with van der Waals surface area (Å²) in [6, 6.07) is 59.9. The van der Waals surface area contributed by atoms with Gasteiger partial charge in [0.05, 0.1) is 11.2 Å². The third-order valence-corrected chi connectivity index (χ3v) is 10.2. The summed E-state index contributed by atoms with van der Waals surface area (Å²) in [5, 5.41) is 10.2. The van der Waals surface area contributed by atoms with E-state index in [4.69, 9.17) is 13.8 Å². The van der Waals surface area contributed by atoms with Crippen LogP contribution in [-0.2, 0) is 0 Å². The lowest BCUT2D eigenvalue weighted by Crippen LogP contribution is -2.10. The Morgan fingerprint density at radius 2 is 0.882 bits per heavy atom. The molecule has 0 saturated heterocycles. The van der Waals surface area contributed by atoms with Gasteiger partial charge in [-0.05, 0) is 106 Å². The van der Waals surface area contributed by atoms with Gasteiger partial charge in [-0.15, -0.1) is 0 Å². The van der Waals surface area contributed by atoms with Crippen molar-refractivity contribution in [3.63, 3.8) is 0 Å². The van der Waals surface area contributed by atoms with Crippen molar-refractivity contribution in [1.82, 2.24) is 4.98 Å². The van der Waals surface area contributed by atoms with Crippen molar-refractivity contribution in [3.05, 3.63) is 170 Å². The highest BCUT2D eigenvalue weighted by atomic mass is 16.3. The molecule has 0 radical (unpaired) electrons. The normalized spacial score (nSPS) is 11.9. The zero-order chi connectivity index (χ0) is 33.5. The maximum atomic E-state index is 6.22. The predicted molar refractivity (Wildman–Crippen MR) is 211 cm³/mol. The molecule has 0 aliphatic carbocycles. The second-order valence-electron chi connectivity index (χ2n) is 13.2. The minimum Gasteiger partial charge on any atom is -0.456 e. The van der Waals surface area contributed by atoms with Crippen LogP contribution in [-0.4, -0.2) is 4.98 Å². The highest BCUT2D eigenvalue weighted by Gasteiger charge is 2.17. The zero-order valence-corrected chi connectivity index (χ0v) is 27.4. The van der Waals surface area contributed by atoms with Gasteiger partial charge in [0, 0.05) is 49.6 Å². The first-order chi connectivity index (χ1) is 25.2. The number of furan rings is 2. The molecular weight excluding hydrogens is 625 g/mol. The Morgan fingerprint density at radius 1 is 0.353 bits per heavy atom. The van der Waals surface area contributed by atoms with Crippen molar-refractivity contribution < 1.29 is 8.83 Å². The molecule has 0 aliphatic heterocycles. The second kappa shape index (κ2) is 10.8. The van der Waals surface area contributed by atoms with Gasteiger partial charge in [-0.3, -0.25) is 0 Å². The van der Waals surface area contributed by atoms with Gasteiger partial charge in [0.1, 0.15) is 22.3 Å². The van der Waals surface area contributed by atoms with E-state index >= 15 is 0 Å². The summed E-state index contributed by atoms with van der Waals surface area (Å²) >= 11 is 0. The van der Waals surface area contributed by atoms with E-state index in [9.17, 15) is 0 Å². The van der Waals surface area contributed by atoms with E-state index in [0.29, 0.717) is 0 Å². The number of rotatable bonds is 4. The first kappa shape index (κ1) is 28.0. The van der Waals surface area contributed by atoms with E-state index in [1.165, 1.54) is 0 Å². The fraction of sp³-hybridized carbons (Fsp3) is 0. The maximum absolute atomic E-state index is 6.22. The van der Waals surface area contributed by atoms with Crippen LogP contribution in [0.1, 0.15) is 0 Å². The standard InChI is InChI=1S/C47H28N2O2/c1-4-10-42-29(7-1)17-22-43(48-42)30-13-18-35(19-14-30)49(36-20-15-31-27-46-40(25-33(31)23-36)38-8-2-5-11-44(38)50-46)37-21-16-32-28-47-41(26-34(32)24-37)39-9-3-6-12-45(39)51-47/h1-28H. The summed E-state index contributed by atoms with van der Waals surface area (Å²) in [5.41, 5.74) is 9.83. The van der Waals surface area contributed by atoms with Gasteiger partial charge >= 0.3 is 0 Å². The van der Waals surface area contributed by atoms with Gasteiger partial charge in [-0.1, -0.05) is 84.9 Å². The Hall–Kier alpha value is -6.91. The molecule has 0 saturated carbocycles. The molecule has 0 fully saturated rings. The van der Waals surface area contributed by atoms with Gasteiger partial charge in [-0.25, -0.2) is 4.98 Å². The minimum absolute atomic E-state index is 0.902. The molecule has 4 heteroatoms. The predicted octanol–water partition coefficient (Wildman–Crippen LogP) is 13.5. The SMILES string of the molecule is c1ccc2nc(-c3ccc(N(c4ccc5cc6oc7ccccc7c6cc5c4)c4ccc5cc6oc7ccccc7c6cc5c4)cc3)ccc2c1. The Bertz CT molecular complexity index is 3000. The molecule has 8 aromatic carbocycles. The number of anilines is 3. The van der Waals surface area contributed by atoms with Gasteiger partial charge in [0.15, 0.2) is 0 Å². The van der Waals surface area contributed by atoms with Crippen LogP contribution in [0.15, 0.2) is 179 Å². The molecule has 3 aromatic heterocycles. The van der Waals surface area contributed by atoms with Crippen LogP contribution in [0, 0.1) is 0 Å². The molecule has 0 amide bonds. The Morgan fingerprint density at radius 3 is 1.51 bits per heavy atom. The molecule has 3 heterocycles. The number of benzene rings is 8. The smallest absolute Gasteiger partial charge is 0.136 e. The summed E-state index contributed by atoms with van der Waals surface area (Å²) in [6.45, 7) is 0. The number of fused-ring (bicyclic) bond motifs is 9. The Kier molecular flexibility index (Phi) is 5.92. The highest BCUT2D eigenvalue weighted by Crippen LogP contribution is 2.41. The van der Waals surface area contributed by atoms with Crippen LogP contribution in [0.4, 0.5) is 17.1 Å². The van der Waals surface area contributed by atoms with Crippen LogP contribution in [0.3, 0.4) is 0 Å². The molecule has 11 rings (SSSR count). The van der Waals surface area contributed by atoms with E-state index in [1.54, 1.807) is 0 Å². The number of hydrogen-bond acceptors (Lipinski definition) is 4. The van der Waals surface area contributed by atoms with Crippen LogP contribution >= 0.6 is 0 Å². The monoisotopic (exact) mass is 652 g/mol. The summed E-state index contributed by atoms with van der Waals surface area (Å²) < 4.78 is 12.4. The van der Waals surface area contributed by atoms with Gasteiger partial charge in [0.25, 0.3) is 0 Å². The molecule has 0 unspecified atom stereocenters. The van der Waals surface area contributed by atoms with Crippen molar-refractivity contribution in [3.8, 4) is 11.3 Å². The number of pyridine rings is 1. The Labute approximate surface area is 292 Å². The number of hydrogen-bond donors (Lipinski definition) is 0. The molecule has 51 heavy (non-hydrogen) atoms. The molecule has 0 aliphatic rings. The summed E-state index contributed by atoms with van der Waals surface area (Å²) in [7, 11) is 0. The minimum atomic E-state index is 0.902. The molecule has 0 atom stereocenters. The van der Waals surface area contributed by atoms with E-state index in [0.717, 1.165) is 105 Å². The molecule has 4 nitrogen and oxygen atoms in total. The van der Waals surface area contributed by atoms with E-state index in [-0.39, 0.29) is 0 Å². The summed E-state index contributed by atoms with van der Waals surface area (Å²) in [4.78, 5) is 7.30. The van der Waals surface area contributed by atoms with Crippen molar-refractivity contribution in [2.24, 2.45) is 0 Å². The number of nitrogens with zero attached hydrogens (tertiary/aromatic N) is 2. The third kappa shape index (κ3) is 4.50. The molecule has 0 spiro atoms. The molecule has 0 bridgehead atoms. The van der Waals surface area contributed by atoms with Crippen molar-refractivity contribution in [2.45, 2.75) is 0 Å². The van der Waals surface area contributed by atoms with Crippen LogP contribution in [0.25, 0.3) is 87.6 Å². The quantitative estimate of drug-likeness (QED) is 0.190. The largest absolute Gasteiger partial charge is 0.456 e. The van der Waals surface area contributed by atoms with Crippen molar-refractivity contribution in [2.75, 3.05) is 4.90 Å². The zero-order valence-electron chi connectivity index (χ0n) is 27.4. The topological polar surface area (TPSA) is 42.4 Å². The first-order valence-electron chi connectivity index (χ1n) is 17.2. The van der Waals surface area contributed by atoms with Gasteiger partial charge < -0.3 is 13.7 Å². The fourth-order valence-electron chi connectivity index (χ4n) is 7.64. The Balaban J connectivity index is 1.08. The molecule has 238 valence electrons. The summed E-state index contributed by atoms with van der Waals surface area (Å²) in [6.07, 6.45) is 0. The van der Waals surface area contributed by atoms with Gasteiger partial charge in [-0.2, -0.15) is 0 Å². The summed E-state index contributed by atoms with van der Waals surface area (Å²) in [5.74, 6) is 0. The maximum Gasteiger partial charge on any atom is 0.136 e. The van der Waals surface area contributed by atoms with E-state index < -0.39 is 0 Å². The lowest BCUT2D eigenvalue weighted by molar-refractivity contribution is 0.669. The van der Waals surface area contributed by atoms with Crippen molar-refractivity contribution in [1.29, 1.82) is 0 Å². The van der Waals surface area contributed by atoms with Crippen LogP contribution in [0.5, 0.6) is 0 Å². The van der Waals surface area contributed by atoms with Crippen molar-refractivity contribution >= 4 is 93.4 Å².